The highest BCUT2D eigenvalue weighted by Crippen LogP contribution is 2.15. The molecule has 2 unspecified atom stereocenters. The van der Waals surface area contributed by atoms with Crippen LogP contribution in [0.25, 0.3) is 0 Å². The Morgan fingerprint density at radius 3 is 1.59 bits per heavy atom. The average molecular weight is 382 g/mol. The fourth-order valence-electron chi connectivity index (χ4n) is 4.25. The number of hydrogen-bond donors (Lipinski definition) is 2. The molecule has 0 amide bonds. The van der Waals surface area contributed by atoms with Crippen molar-refractivity contribution >= 4 is 6.21 Å². The molecule has 0 aromatic carbocycles. The number of hydrogen-bond acceptors (Lipinski definition) is 2. The largest absolute Gasteiger partial charge is 0.337 e. The molecule has 3 heteroatoms. The summed E-state index contributed by atoms with van der Waals surface area (Å²) < 4.78 is 2.06. The molecule has 27 heavy (non-hydrogen) atoms. The van der Waals surface area contributed by atoms with E-state index in [-0.39, 0.29) is 6.23 Å². The van der Waals surface area contributed by atoms with Gasteiger partial charge in [-0.3, -0.25) is 0 Å². The molecule has 2 N–H and O–H groups in total. The molecule has 0 spiro atoms. The molecule has 1 aliphatic rings. The molecule has 1 aliphatic heterocycles. The van der Waals surface area contributed by atoms with Gasteiger partial charge in [-0.05, 0) is 6.42 Å². The molecule has 0 saturated heterocycles. The first-order valence-corrected chi connectivity index (χ1v) is 12.3. The number of nitrogens with one attached hydrogen (secondary N) is 1. The van der Waals surface area contributed by atoms with Crippen molar-refractivity contribution < 1.29 is 9.68 Å². The van der Waals surface area contributed by atoms with Gasteiger partial charge >= 0.3 is 0 Å². The van der Waals surface area contributed by atoms with Crippen molar-refractivity contribution in [2.75, 3.05) is 6.54 Å². The van der Waals surface area contributed by atoms with Gasteiger partial charge in [-0.1, -0.05) is 110 Å². The van der Waals surface area contributed by atoms with Gasteiger partial charge in [-0.15, -0.1) is 0 Å². The standard InChI is InChI=1S/C24H49N2O/c1-3-4-5-6-7-8-9-10-11-12-13-14-15-16-17-18-19-20-24-25-21-22-26(24)23(2)27/h22-25,27H,3-21H2,1-2H3/q+1. The first-order valence-electron chi connectivity index (χ1n) is 12.3. The van der Waals surface area contributed by atoms with Crippen molar-refractivity contribution in [3.05, 3.63) is 0 Å². The van der Waals surface area contributed by atoms with Gasteiger partial charge < -0.3 is 5.11 Å². The minimum atomic E-state index is -0.365. The summed E-state index contributed by atoms with van der Waals surface area (Å²) in [6, 6.07) is 0. The van der Waals surface area contributed by atoms with Gasteiger partial charge in [0.05, 0.1) is 6.54 Å². The molecule has 0 radical (unpaired) electrons. The van der Waals surface area contributed by atoms with E-state index in [1.807, 2.05) is 6.92 Å². The van der Waals surface area contributed by atoms with E-state index in [4.69, 9.17) is 0 Å². The van der Waals surface area contributed by atoms with Gasteiger partial charge in [0.2, 0.25) is 6.17 Å². The van der Waals surface area contributed by atoms with Crippen LogP contribution < -0.4 is 5.32 Å². The van der Waals surface area contributed by atoms with Crippen LogP contribution in [0.5, 0.6) is 0 Å². The molecule has 160 valence electrons. The smallest absolute Gasteiger partial charge is 0.253 e. The van der Waals surface area contributed by atoms with Crippen LogP contribution >= 0.6 is 0 Å². The molecular weight excluding hydrogens is 332 g/mol. The molecule has 0 aliphatic carbocycles. The lowest BCUT2D eigenvalue weighted by Gasteiger charge is -2.12. The molecule has 1 rings (SSSR count). The SMILES string of the molecule is CCCCCCCCCCCCCCCCCCCC1NCC=[N+]1C(C)O. The van der Waals surface area contributed by atoms with E-state index in [0.717, 1.165) is 13.0 Å². The number of nitrogens with zero attached hydrogens (tertiary/aromatic N) is 1. The third kappa shape index (κ3) is 13.4. The van der Waals surface area contributed by atoms with Crippen molar-refractivity contribution in [1.82, 2.24) is 5.32 Å². The lowest BCUT2D eigenvalue weighted by molar-refractivity contribution is -0.630. The van der Waals surface area contributed by atoms with Crippen LogP contribution in [0.1, 0.15) is 129 Å². The maximum absolute atomic E-state index is 9.72. The number of aliphatic hydroxyl groups is 1. The summed E-state index contributed by atoms with van der Waals surface area (Å²) in [6.07, 6.45) is 27.4. The zero-order chi connectivity index (χ0) is 19.6. The average Bonchev–Trinajstić information content (AvgIpc) is 3.13. The Labute approximate surface area is 170 Å². The molecule has 0 saturated carbocycles. The summed E-state index contributed by atoms with van der Waals surface area (Å²) in [5.74, 6) is 0. The van der Waals surface area contributed by atoms with E-state index in [0.29, 0.717) is 6.17 Å². The maximum atomic E-state index is 9.72. The van der Waals surface area contributed by atoms with Gasteiger partial charge in [-0.2, -0.15) is 4.58 Å². The van der Waals surface area contributed by atoms with Gasteiger partial charge in [-0.25, -0.2) is 5.32 Å². The Bertz CT molecular complexity index is 354. The number of rotatable bonds is 19. The molecule has 2 atom stereocenters. The first kappa shape index (κ1) is 24.6. The fourth-order valence-corrected chi connectivity index (χ4v) is 4.25. The van der Waals surface area contributed by atoms with Crippen molar-refractivity contribution in [2.24, 2.45) is 0 Å². The Kier molecular flexibility index (Phi) is 16.1. The molecule has 0 fully saturated rings. The van der Waals surface area contributed by atoms with Crippen LogP contribution in [0.4, 0.5) is 0 Å². The number of aliphatic hydroxyl groups excluding tert-OH is 1. The first-order chi connectivity index (χ1) is 13.3. The van der Waals surface area contributed by atoms with E-state index in [1.165, 1.54) is 109 Å². The van der Waals surface area contributed by atoms with Crippen LogP contribution in [-0.2, 0) is 0 Å². The lowest BCUT2D eigenvalue weighted by atomic mass is 10.0. The second-order valence-corrected chi connectivity index (χ2v) is 8.63. The normalized spacial score (nSPS) is 18.0. The Morgan fingerprint density at radius 2 is 1.19 bits per heavy atom. The highest BCUT2D eigenvalue weighted by molar-refractivity contribution is 5.55. The summed E-state index contributed by atoms with van der Waals surface area (Å²) in [6.45, 7) is 5.04. The summed E-state index contributed by atoms with van der Waals surface area (Å²) >= 11 is 0. The Balaban J connectivity index is 1.74. The minimum Gasteiger partial charge on any atom is -0.337 e. The molecular formula is C24H49N2O+. The van der Waals surface area contributed by atoms with E-state index in [2.05, 4.69) is 23.0 Å². The van der Waals surface area contributed by atoms with Gasteiger partial charge in [0.25, 0.3) is 6.23 Å². The summed E-state index contributed by atoms with van der Waals surface area (Å²) in [7, 11) is 0. The second kappa shape index (κ2) is 17.7. The predicted molar refractivity (Wildman–Crippen MR) is 119 cm³/mol. The van der Waals surface area contributed by atoms with Crippen molar-refractivity contribution in [3.63, 3.8) is 0 Å². The molecule has 3 nitrogen and oxygen atoms in total. The molecule has 0 aromatic rings. The number of unbranched alkanes of at least 4 members (excludes halogenated alkanes) is 16. The summed E-state index contributed by atoms with van der Waals surface area (Å²) in [5, 5.41) is 13.2. The van der Waals surface area contributed by atoms with Crippen LogP contribution in [0.3, 0.4) is 0 Å². The molecule has 0 aromatic heterocycles. The maximum Gasteiger partial charge on any atom is 0.253 e. The van der Waals surface area contributed by atoms with Crippen molar-refractivity contribution in [3.8, 4) is 0 Å². The van der Waals surface area contributed by atoms with Crippen molar-refractivity contribution in [1.29, 1.82) is 0 Å². The zero-order valence-corrected chi connectivity index (χ0v) is 18.6. The van der Waals surface area contributed by atoms with E-state index in [1.54, 1.807) is 0 Å². The lowest BCUT2D eigenvalue weighted by Crippen LogP contribution is -2.37. The van der Waals surface area contributed by atoms with Crippen molar-refractivity contribution in [2.45, 2.75) is 142 Å². The third-order valence-electron chi connectivity index (χ3n) is 6.03. The van der Waals surface area contributed by atoms with Gasteiger partial charge in [0.1, 0.15) is 0 Å². The summed E-state index contributed by atoms with van der Waals surface area (Å²) in [5.41, 5.74) is 0. The molecule has 1 heterocycles. The Morgan fingerprint density at radius 1 is 0.778 bits per heavy atom. The Hall–Kier alpha value is -0.410. The van der Waals surface area contributed by atoms with E-state index >= 15 is 0 Å². The second-order valence-electron chi connectivity index (χ2n) is 8.63. The fraction of sp³-hybridized carbons (Fsp3) is 0.958. The predicted octanol–water partition coefficient (Wildman–Crippen LogP) is 6.38. The highest BCUT2D eigenvalue weighted by atomic mass is 16.3. The third-order valence-corrected chi connectivity index (χ3v) is 6.03. The van der Waals surface area contributed by atoms with E-state index in [9.17, 15) is 5.11 Å². The van der Waals surface area contributed by atoms with Gasteiger partial charge in [0.15, 0.2) is 6.21 Å². The van der Waals surface area contributed by atoms with E-state index < -0.39 is 0 Å². The van der Waals surface area contributed by atoms with Crippen LogP contribution in [0, 0.1) is 0 Å². The van der Waals surface area contributed by atoms with Crippen LogP contribution in [0.15, 0.2) is 0 Å². The minimum absolute atomic E-state index is 0.348. The van der Waals surface area contributed by atoms with Gasteiger partial charge in [0, 0.05) is 13.3 Å². The zero-order valence-electron chi connectivity index (χ0n) is 18.6. The van der Waals surface area contributed by atoms with Crippen LogP contribution in [0.2, 0.25) is 0 Å². The topological polar surface area (TPSA) is 35.3 Å². The monoisotopic (exact) mass is 381 g/mol. The summed E-state index contributed by atoms with van der Waals surface area (Å²) in [4.78, 5) is 0. The quantitative estimate of drug-likeness (QED) is 0.201. The van der Waals surface area contributed by atoms with Crippen LogP contribution in [-0.4, -0.2) is 34.8 Å². The highest BCUT2D eigenvalue weighted by Gasteiger charge is 2.27. The molecule has 0 bridgehead atoms.